The fraction of sp³-hybridized carbons (Fsp3) is 0.133. The van der Waals surface area contributed by atoms with Crippen molar-refractivity contribution in [1.29, 1.82) is 0 Å². The van der Waals surface area contributed by atoms with Crippen LogP contribution in [0.25, 0.3) is 21.3 Å². The van der Waals surface area contributed by atoms with Gasteiger partial charge in [-0.25, -0.2) is 4.98 Å². The summed E-state index contributed by atoms with van der Waals surface area (Å²) in [5, 5.41) is 0. The maximum absolute atomic E-state index is 4.50. The smallest absolute Gasteiger partial charge is 0.0891 e. The number of hydrogen-bond acceptors (Lipinski definition) is 3. The molecule has 0 aliphatic rings. The average molecular weight is 254 g/mol. The van der Waals surface area contributed by atoms with Gasteiger partial charge in [0.2, 0.25) is 0 Å². The molecule has 1 aromatic heterocycles. The molecule has 0 amide bonds. The highest BCUT2D eigenvalue weighted by Gasteiger charge is 2.10. The van der Waals surface area contributed by atoms with E-state index in [1.807, 2.05) is 5.51 Å². The van der Waals surface area contributed by atoms with E-state index in [2.05, 4.69) is 66.4 Å². The first-order valence-electron chi connectivity index (χ1n) is 5.86. The van der Waals surface area contributed by atoms with Crippen LogP contribution in [0.4, 0.5) is 5.69 Å². The number of aromatic nitrogens is 1. The predicted octanol–water partition coefficient (Wildman–Crippen LogP) is 4.03. The quantitative estimate of drug-likeness (QED) is 0.686. The summed E-state index contributed by atoms with van der Waals surface area (Å²) >= 11 is 1.69. The van der Waals surface area contributed by atoms with Gasteiger partial charge in [0, 0.05) is 30.9 Å². The van der Waals surface area contributed by atoms with Gasteiger partial charge in [0.1, 0.15) is 0 Å². The zero-order chi connectivity index (χ0) is 12.5. The van der Waals surface area contributed by atoms with Gasteiger partial charge in [-0.1, -0.05) is 30.3 Å². The lowest BCUT2D eigenvalue weighted by atomic mass is 10.0. The summed E-state index contributed by atoms with van der Waals surface area (Å²) < 4.78 is 1.24. The Bertz CT molecular complexity index is 686. The normalized spacial score (nSPS) is 10.8. The molecule has 0 aliphatic heterocycles. The first kappa shape index (κ1) is 11.2. The predicted molar refractivity (Wildman–Crippen MR) is 79.4 cm³/mol. The van der Waals surface area contributed by atoms with Crippen molar-refractivity contribution in [2.75, 3.05) is 19.0 Å². The fourth-order valence-electron chi connectivity index (χ4n) is 2.20. The molecule has 0 bridgehead atoms. The van der Waals surface area contributed by atoms with Crippen molar-refractivity contribution in [3.63, 3.8) is 0 Å². The Labute approximate surface area is 111 Å². The summed E-state index contributed by atoms with van der Waals surface area (Å²) in [5.41, 5.74) is 6.67. The zero-order valence-corrected chi connectivity index (χ0v) is 11.2. The lowest BCUT2D eigenvalue weighted by Gasteiger charge is -2.17. The Kier molecular flexibility index (Phi) is 2.76. The van der Waals surface area contributed by atoms with Crippen molar-refractivity contribution in [3.8, 4) is 11.1 Å². The molecule has 0 atom stereocenters. The van der Waals surface area contributed by atoms with Gasteiger partial charge < -0.3 is 4.90 Å². The van der Waals surface area contributed by atoms with Gasteiger partial charge in [-0.3, -0.25) is 0 Å². The third kappa shape index (κ3) is 1.77. The largest absolute Gasteiger partial charge is 0.377 e. The lowest BCUT2D eigenvalue weighted by Crippen LogP contribution is -2.09. The fourth-order valence-corrected chi connectivity index (χ4v) is 2.90. The molecule has 0 saturated carbocycles. The minimum atomic E-state index is 1.09. The van der Waals surface area contributed by atoms with Crippen molar-refractivity contribution in [2.45, 2.75) is 0 Å². The molecule has 2 nitrogen and oxygen atoms in total. The SMILES string of the molecule is CN(C)c1ccccc1-c1cccc2scnc12. The molecule has 0 saturated heterocycles. The number of rotatable bonds is 2. The number of nitrogens with zero attached hydrogens (tertiary/aromatic N) is 2. The number of hydrogen-bond donors (Lipinski definition) is 0. The molecule has 0 aliphatic carbocycles. The summed E-state index contributed by atoms with van der Waals surface area (Å²) in [6, 6.07) is 14.8. The van der Waals surface area contributed by atoms with E-state index in [4.69, 9.17) is 0 Å². The molecule has 90 valence electrons. The molecule has 18 heavy (non-hydrogen) atoms. The lowest BCUT2D eigenvalue weighted by molar-refractivity contribution is 1.13. The Hall–Kier alpha value is -1.87. The number of fused-ring (bicyclic) bond motifs is 1. The molecule has 2 aromatic carbocycles. The minimum absolute atomic E-state index is 1.09. The van der Waals surface area contributed by atoms with E-state index in [9.17, 15) is 0 Å². The molecular formula is C15H14N2S. The van der Waals surface area contributed by atoms with E-state index in [1.165, 1.54) is 21.5 Å². The minimum Gasteiger partial charge on any atom is -0.377 e. The van der Waals surface area contributed by atoms with Gasteiger partial charge in [-0.05, 0) is 12.1 Å². The Morgan fingerprint density at radius 3 is 2.56 bits per heavy atom. The summed E-state index contributed by atoms with van der Waals surface area (Å²) in [4.78, 5) is 6.63. The molecular weight excluding hydrogens is 240 g/mol. The summed E-state index contributed by atoms with van der Waals surface area (Å²) in [6.07, 6.45) is 0. The molecule has 3 rings (SSSR count). The molecule has 0 fully saturated rings. The molecule has 0 N–H and O–H groups in total. The monoisotopic (exact) mass is 254 g/mol. The highest BCUT2D eigenvalue weighted by atomic mass is 32.1. The molecule has 0 radical (unpaired) electrons. The number of benzene rings is 2. The van der Waals surface area contributed by atoms with E-state index < -0.39 is 0 Å². The number of anilines is 1. The van der Waals surface area contributed by atoms with Crippen LogP contribution in [0.3, 0.4) is 0 Å². The zero-order valence-electron chi connectivity index (χ0n) is 10.4. The van der Waals surface area contributed by atoms with E-state index in [0.29, 0.717) is 0 Å². The summed E-state index contributed by atoms with van der Waals surface area (Å²) in [6.45, 7) is 0. The van der Waals surface area contributed by atoms with Crippen LogP contribution in [0.2, 0.25) is 0 Å². The second-order valence-corrected chi connectivity index (χ2v) is 5.30. The third-order valence-electron chi connectivity index (χ3n) is 3.04. The first-order chi connectivity index (χ1) is 8.77. The average Bonchev–Trinajstić information content (AvgIpc) is 2.86. The van der Waals surface area contributed by atoms with Crippen LogP contribution >= 0.6 is 11.3 Å². The van der Waals surface area contributed by atoms with E-state index in [0.717, 1.165) is 5.52 Å². The van der Waals surface area contributed by atoms with E-state index in [-0.39, 0.29) is 0 Å². The highest BCUT2D eigenvalue weighted by Crippen LogP contribution is 2.35. The van der Waals surface area contributed by atoms with Gasteiger partial charge in [-0.15, -0.1) is 11.3 Å². The second kappa shape index (κ2) is 4.42. The highest BCUT2D eigenvalue weighted by molar-refractivity contribution is 7.16. The van der Waals surface area contributed by atoms with Crippen LogP contribution in [0.5, 0.6) is 0 Å². The Morgan fingerprint density at radius 1 is 0.944 bits per heavy atom. The second-order valence-electron chi connectivity index (χ2n) is 4.42. The van der Waals surface area contributed by atoms with Gasteiger partial charge in [0.15, 0.2) is 0 Å². The van der Waals surface area contributed by atoms with Crippen molar-refractivity contribution in [1.82, 2.24) is 4.98 Å². The van der Waals surface area contributed by atoms with Crippen LogP contribution in [-0.2, 0) is 0 Å². The maximum atomic E-state index is 4.50. The number of thiazole rings is 1. The van der Waals surface area contributed by atoms with Crippen molar-refractivity contribution in [3.05, 3.63) is 48.0 Å². The first-order valence-corrected chi connectivity index (χ1v) is 6.74. The van der Waals surface area contributed by atoms with Crippen molar-refractivity contribution < 1.29 is 0 Å². The number of para-hydroxylation sites is 2. The summed E-state index contributed by atoms with van der Waals surface area (Å²) in [5.74, 6) is 0. The van der Waals surface area contributed by atoms with Gasteiger partial charge in [0.05, 0.1) is 15.7 Å². The standard InChI is InChI=1S/C15H14N2S/c1-17(2)13-8-4-3-6-11(13)12-7-5-9-14-15(12)16-10-18-14/h3-10H,1-2H3. The van der Waals surface area contributed by atoms with Crippen LogP contribution in [0, 0.1) is 0 Å². The van der Waals surface area contributed by atoms with Gasteiger partial charge in [0.25, 0.3) is 0 Å². The topological polar surface area (TPSA) is 16.1 Å². The molecule has 1 heterocycles. The maximum Gasteiger partial charge on any atom is 0.0891 e. The molecule has 3 aromatic rings. The van der Waals surface area contributed by atoms with Crippen LogP contribution in [0.15, 0.2) is 48.0 Å². The van der Waals surface area contributed by atoms with Crippen LogP contribution < -0.4 is 4.90 Å². The Balaban J connectivity index is 2.29. The Morgan fingerprint density at radius 2 is 1.72 bits per heavy atom. The van der Waals surface area contributed by atoms with Gasteiger partial charge in [-0.2, -0.15) is 0 Å². The van der Waals surface area contributed by atoms with Crippen LogP contribution in [0.1, 0.15) is 0 Å². The molecule has 3 heteroatoms. The van der Waals surface area contributed by atoms with E-state index >= 15 is 0 Å². The molecule has 0 unspecified atom stereocenters. The third-order valence-corrected chi connectivity index (χ3v) is 3.83. The molecule has 0 spiro atoms. The van der Waals surface area contributed by atoms with Crippen molar-refractivity contribution in [2.24, 2.45) is 0 Å². The van der Waals surface area contributed by atoms with Gasteiger partial charge >= 0.3 is 0 Å². The summed E-state index contributed by atoms with van der Waals surface area (Å²) in [7, 11) is 4.14. The van der Waals surface area contributed by atoms with Crippen LogP contribution in [-0.4, -0.2) is 19.1 Å². The van der Waals surface area contributed by atoms with E-state index in [1.54, 1.807) is 11.3 Å². The van der Waals surface area contributed by atoms with Crippen molar-refractivity contribution >= 4 is 27.2 Å².